The maximum Gasteiger partial charge on any atom is 0.253 e. The molecule has 0 spiro atoms. The van der Waals surface area contributed by atoms with Crippen LogP contribution >= 0.6 is 0 Å². The Morgan fingerprint density at radius 1 is 1.38 bits per heavy atom. The number of morpholine rings is 1. The van der Waals surface area contributed by atoms with Crippen molar-refractivity contribution in [2.45, 2.75) is 51.3 Å². The van der Waals surface area contributed by atoms with Gasteiger partial charge in [0, 0.05) is 19.1 Å². The number of carbonyl (C=O) groups excluding carboxylic acids is 1. The van der Waals surface area contributed by atoms with Crippen LogP contribution in [0.4, 0.5) is 0 Å². The van der Waals surface area contributed by atoms with Crippen molar-refractivity contribution >= 4 is 5.91 Å². The van der Waals surface area contributed by atoms with Crippen LogP contribution in [0.25, 0.3) is 0 Å². The Morgan fingerprint density at radius 3 is 2.81 bits per heavy atom. The fraction of sp³-hybridized carbons (Fsp3) is 0.650. The minimum absolute atomic E-state index is 0.0320. The van der Waals surface area contributed by atoms with Gasteiger partial charge in [-0.2, -0.15) is 0 Å². The third kappa shape index (κ3) is 4.30. The molecule has 0 unspecified atom stereocenters. The first-order chi connectivity index (χ1) is 12.7. The standard InChI is InChI=1S/C20H30N2O4/c1-4-10-25-18-12-15(5-8-17(18)24-3)14(2)22(16-6-7-16)20(23)19-13-21-9-11-26-19/h5,8,12,14,16,19,21H,4,6-7,9-11,13H2,1-3H3/t14-,19-/m1/s1. The summed E-state index contributed by atoms with van der Waals surface area (Å²) in [5.74, 6) is 1.54. The van der Waals surface area contributed by atoms with Gasteiger partial charge in [0.15, 0.2) is 11.5 Å². The van der Waals surface area contributed by atoms with Gasteiger partial charge in [-0.15, -0.1) is 0 Å². The predicted molar refractivity (Wildman–Crippen MR) is 99.7 cm³/mol. The van der Waals surface area contributed by atoms with Gasteiger partial charge in [0.1, 0.15) is 6.10 Å². The maximum atomic E-state index is 13.1. The molecule has 0 bridgehead atoms. The van der Waals surface area contributed by atoms with Crippen LogP contribution < -0.4 is 14.8 Å². The fourth-order valence-electron chi connectivity index (χ4n) is 3.37. The van der Waals surface area contributed by atoms with Crippen molar-refractivity contribution in [1.82, 2.24) is 10.2 Å². The van der Waals surface area contributed by atoms with Crippen molar-refractivity contribution in [2.24, 2.45) is 0 Å². The molecule has 0 radical (unpaired) electrons. The highest BCUT2D eigenvalue weighted by molar-refractivity contribution is 5.82. The van der Waals surface area contributed by atoms with Crippen LogP contribution in [0.2, 0.25) is 0 Å². The van der Waals surface area contributed by atoms with Crippen molar-refractivity contribution < 1.29 is 19.0 Å². The number of methoxy groups -OCH3 is 1. The largest absolute Gasteiger partial charge is 0.493 e. The average molecular weight is 362 g/mol. The maximum absolute atomic E-state index is 13.1. The highest BCUT2D eigenvalue weighted by atomic mass is 16.5. The van der Waals surface area contributed by atoms with Crippen LogP contribution in [0, 0.1) is 0 Å². The van der Waals surface area contributed by atoms with Gasteiger partial charge in [-0.05, 0) is 43.9 Å². The van der Waals surface area contributed by atoms with Gasteiger partial charge in [0.05, 0.1) is 26.4 Å². The molecule has 6 nitrogen and oxygen atoms in total. The number of hydrogen-bond acceptors (Lipinski definition) is 5. The summed E-state index contributed by atoms with van der Waals surface area (Å²) in [6, 6.07) is 6.22. The first-order valence-electron chi connectivity index (χ1n) is 9.61. The third-order valence-corrected chi connectivity index (χ3v) is 4.95. The third-order valence-electron chi connectivity index (χ3n) is 4.95. The van der Waals surface area contributed by atoms with E-state index in [9.17, 15) is 4.79 Å². The van der Waals surface area contributed by atoms with Crippen molar-refractivity contribution in [3.63, 3.8) is 0 Å². The molecule has 26 heavy (non-hydrogen) atoms. The molecule has 0 aromatic heterocycles. The monoisotopic (exact) mass is 362 g/mol. The number of nitrogens with one attached hydrogen (secondary N) is 1. The zero-order valence-electron chi connectivity index (χ0n) is 16.0. The molecular formula is C20H30N2O4. The van der Waals surface area contributed by atoms with E-state index in [1.807, 2.05) is 23.1 Å². The van der Waals surface area contributed by atoms with Gasteiger partial charge >= 0.3 is 0 Å². The number of ether oxygens (including phenoxy) is 3. The molecule has 6 heteroatoms. The van der Waals surface area contributed by atoms with E-state index < -0.39 is 0 Å². The van der Waals surface area contributed by atoms with E-state index in [1.165, 1.54) is 0 Å². The number of amides is 1. The number of benzene rings is 1. The number of hydrogen-bond donors (Lipinski definition) is 1. The Balaban J connectivity index is 1.80. The fourth-order valence-corrected chi connectivity index (χ4v) is 3.37. The summed E-state index contributed by atoms with van der Waals surface area (Å²) in [4.78, 5) is 15.1. The summed E-state index contributed by atoms with van der Waals surface area (Å²) < 4.78 is 16.9. The molecule has 3 rings (SSSR count). The summed E-state index contributed by atoms with van der Waals surface area (Å²) in [7, 11) is 1.64. The second kappa shape index (κ2) is 8.73. The van der Waals surface area contributed by atoms with E-state index in [1.54, 1.807) is 7.11 Å². The molecule has 2 atom stereocenters. The lowest BCUT2D eigenvalue weighted by Crippen LogP contribution is -2.50. The van der Waals surface area contributed by atoms with Crippen LogP contribution in [-0.2, 0) is 9.53 Å². The van der Waals surface area contributed by atoms with Crippen LogP contribution in [0.3, 0.4) is 0 Å². The van der Waals surface area contributed by atoms with Crippen molar-refractivity contribution in [3.05, 3.63) is 23.8 Å². The lowest BCUT2D eigenvalue weighted by atomic mass is 10.0. The molecule has 1 N–H and O–H groups in total. The summed E-state index contributed by atoms with van der Waals surface area (Å²) in [6.45, 7) is 6.77. The summed E-state index contributed by atoms with van der Waals surface area (Å²) in [6.07, 6.45) is 2.67. The zero-order valence-corrected chi connectivity index (χ0v) is 16.0. The quantitative estimate of drug-likeness (QED) is 0.770. The first kappa shape index (κ1) is 19.0. The number of rotatable bonds is 8. The molecule has 1 aromatic carbocycles. The molecule has 1 aliphatic carbocycles. The van der Waals surface area contributed by atoms with E-state index in [0.717, 1.165) is 42.9 Å². The zero-order chi connectivity index (χ0) is 18.5. The van der Waals surface area contributed by atoms with Gasteiger partial charge in [0.2, 0.25) is 0 Å². The Kier molecular flexibility index (Phi) is 6.38. The van der Waals surface area contributed by atoms with Crippen molar-refractivity contribution in [1.29, 1.82) is 0 Å². The minimum Gasteiger partial charge on any atom is -0.493 e. The minimum atomic E-state index is -0.388. The molecule has 1 heterocycles. The Morgan fingerprint density at radius 2 is 2.19 bits per heavy atom. The van der Waals surface area contributed by atoms with Crippen LogP contribution in [0.1, 0.15) is 44.7 Å². The summed E-state index contributed by atoms with van der Waals surface area (Å²) in [5, 5.41) is 3.25. The van der Waals surface area contributed by atoms with Crippen LogP contribution in [-0.4, -0.2) is 56.4 Å². The molecule has 1 saturated carbocycles. The summed E-state index contributed by atoms with van der Waals surface area (Å²) >= 11 is 0. The Bertz CT molecular complexity index is 612. The Labute approximate surface area is 155 Å². The van der Waals surface area contributed by atoms with Crippen LogP contribution in [0.15, 0.2) is 18.2 Å². The lowest BCUT2D eigenvalue weighted by molar-refractivity contribution is -0.148. The van der Waals surface area contributed by atoms with E-state index in [-0.39, 0.29) is 18.1 Å². The van der Waals surface area contributed by atoms with E-state index in [0.29, 0.717) is 25.8 Å². The van der Waals surface area contributed by atoms with Crippen molar-refractivity contribution in [2.75, 3.05) is 33.4 Å². The SMILES string of the molecule is CCCOc1cc([C@@H](C)N(C(=O)[C@H]2CNCCO2)C2CC2)ccc1OC. The van der Waals surface area contributed by atoms with Gasteiger partial charge < -0.3 is 24.4 Å². The first-order valence-corrected chi connectivity index (χ1v) is 9.61. The van der Waals surface area contributed by atoms with Gasteiger partial charge in [-0.1, -0.05) is 13.0 Å². The smallest absolute Gasteiger partial charge is 0.253 e. The predicted octanol–water partition coefficient (Wildman–Crippen LogP) is 2.52. The molecule has 1 amide bonds. The molecule has 1 saturated heterocycles. The second-order valence-corrected chi connectivity index (χ2v) is 6.97. The van der Waals surface area contributed by atoms with Gasteiger partial charge in [-0.3, -0.25) is 4.79 Å². The van der Waals surface area contributed by atoms with Gasteiger partial charge in [-0.25, -0.2) is 0 Å². The van der Waals surface area contributed by atoms with E-state index in [4.69, 9.17) is 14.2 Å². The molecule has 144 valence electrons. The van der Waals surface area contributed by atoms with E-state index in [2.05, 4.69) is 19.2 Å². The molecule has 2 aliphatic rings. The highest BCUT2D eigenvalue weighted by Crippen LogP contribution is 2.38. The summed E-state index contributed by atoms with van der Waals surface area (Å²) in [5.41, 5.74) is 1.06. The normalized spacial score (nSPS) is 21.1. The van der Waals surface area contributed by atoms with Crippen molar-refractivity contribution in [3.8, 4) is 11.5 Å². The van der Waals surface area contributed by atoms with Crippen LogP contribution in [0.5, 0.6) is 11.5 Å². The lowest BCUT2D eigenvalue weighted by Gasteiger charge is -2.34. The number of carbonyl (C=O) groups is 1. The number of nitrogens with zero attached hydrogens (tertiary/aromatic N) is 1. The van der Waals surface area contributed by atoms with Gasteiger partial charge in [0.25, 0.3) is 5.91 Å². The topological polar surface area (TPSA) is 60.0 Å². The molecule has 1 aliphatic heterocycles. The molecule has 1 aromatic rings. The van der Waals surface area contributed by atoms with E-state index >= 15 is 0 Å². The average Bonchev–Trinajstić information content (AvgIpc) is 3.51. The highest BCUT2D eigenvalue weighted by Gasteiger charge is 2.40. The Hall–Kier alpha value is -1.79. The second-order valence-electron chi connectivity index (χ2n) is 6.97. The molecule has 2 fully saturated rings. The molecular weight excluding hydrogens is 332 g/mol.